The van der Waals surface area contributed by atoms with Crippen molar-refractivity contribution in [3.8, 4) is 5.75 Å². The molecule has 0 aliphatic heterocycles. The Bertz CT molecular complexity index is 493. The highest BCUT2D eigenvalue weighted by Crippen LogP contribution is 2.31. The lowest BCUT2D eigenvalue weighted by atomic mass is 10.3. The second kappa shape index (κ2) is 4.34. The van der Waals surface area contributed by atoms with Crippen LogP contribution in [0.1, 0.15) is 12.1 Å². The van der Waals surface area contributed by atoms with Crippen molar-refractivity contribution < 1.29 is 22.3 Å². The summed E-state index contributed by atoms with van der Waals surface area (Å²) in [6, 6.07) is 0.651. The number of aromatic nitrogens is 1. The van der Waals surface area contributed by atoms with Gasteiger partial charge in [-0.15, -0.1) is 0 Å². The summed E-state index contributed by atoms with van der Waals surface area (Å²) in [5.74, 6) is -0.515. The summed E-state index contributed by atoms with van der Waals surface area (Å²) in [6.07, 6.45) is -3.08. The van der Waals surface area contributed by atoms with E-state index in [9.17, 15) is 17.2 Å². The van der Waals surface area contributed by atoms with Crippen LogP contribution in [-0.2, 0) is 9.05 Å². The van der Waals surface area contributed by atoms with Crippen LogP contribution in [0.4, 0.5) is 8.78 Å². The van der Waals surface area contributed by atoms with Gasteiger partial charge in [-0.25, -0.2) is 22.2 Å². The predicted molar refractivity (Wildman–Crippen MR) is 56.6 cm³/mol. The number of alkyl halides is 2. The lowest BCUT2D eigenvalue weighted by Crippen LogP contribution is -2.03. The number of aromatic hydroxyl groups is 1. The van der Waals surface area contributed by atoms with Crippen molar-refractivity contribution in [1.29, 1.82) is 0 Å². The second-order valence-electron chi connectivity index (χ2n) is 2.42. The number of hydrogen-bond acceptors (Lipinski definition) is 4. The number of halogens is 4. The maximum atomic E-state index is 12.4. The quantitative estimate of drug-likeness (QED) is 0.493. The average molecular weight is 370 g/mol. The van der Waals surface area contributed by atoms with Crippen molar-refractivity contribution in [3.05, 3.63) is 15.5 Å². The molecule has 4 nitrogen and oxygen atoms in total. The fourth-order valence-corrected chi connectivity index (χ4v) is 2.25. The minimum absolute atomic E-state index is 0.119. The molecule has 0 spiro atoms. The van der Waals surface area contributed by atoms with Crippen molar-refractivity contribution in [2.75, 3.05) is 0 Å². The molecule has 0 aliphatic rings. The average Bonchev–Trinajstić information content (AvgIpc) is 2.06. The SMILES string of the molecule is O=S(=O)(Cl)c1cc(O)c(I)nc1C(F)F. The Kier molecular flexibility index (Phi) is 3.71. The van der Waals surface area contributed by atoms with Crippen LogP contribution in [0, 0.1) is 3.70 Å². The topological polar surface area (TPSA) is 67.3 Å². The molecule has 0 amide bonds. The Morgan fingerprint density at radius 2 is 2.07 bits per heavy atom. The molecular weight excluding hydrogens is 366 g/mol. The molecule has 15 heavy (non-hydrogen) atoms. The fraction of sp³-hybridized carbons (Fsp3) is 0.167. The second-order valence-corrected chi connectivity index (χ2v) is 5.98. The van der Waals surface area contributed by atoms with Gasteiger partial charge in [-0.1, -0.05) is 0 Å². The highest BCUT2D eigenvalue weighted by molar-refractivity contribution is 14.1. The summed E-state index contributed by atoms with van der Waals surface area (Å²) in [7, 11) is 0.566. The molecule has 0 fully saturated rings. The maximum absolute atomic E-state index is 12.4. The van der Waals surface area contributed by atoms with Crippen LogP contribution in [0.5, 0.6) is 5.75 Å². The summed E-state index contributed by atoms with van der Waals surface area (Å²) in [4.78, 5) is 2.38. The minimum Gasteiger partial charge on any atom is -0.505 e. The van der Waals surface area contributed by atoms with E-state index in [2.05, 4.69) is 4.98 Å². The molecule has 1 N–H and O–H groups in total. The van der Waals surface area contributed by atoms with Gasteiger partial charge in [-0.05, 0) is 22.6 Å². The van der Waals surface area contributed by atoms with E-state index < -0.39 is 31.8 Å². The number of hydrogen-bond donors (Lipinski definition) is 1. The molecule has 0 radical (unpaired) electrons. The van der Waals surface area contributed by atoms with E-state index in [4.69, 9.17) is 15.8 Å². The smallest absolute Gasteiger partial charge is 0.281 e. The minimum atomic E-state index is -4.35. The largest absolute Gasteiger partial charge is 0.505 e. The van der Waals surface area contributed by atoms with Gasteiger partial charge in [0.15, 0.2) is 0 Å². The third-order valence-corrected chi connectivity index (χ3v) is 3.56. The maximum Gasteiger partial charge on any atom is 0.281 e. The van der Waals surface area contributed by atoms with Crippen LogP contribution in [0.25, 0.3) is 0 Å². The third-order valence-electron chi connectivity index (χ3n) is 1.42. The van der Waals surface area contributed by atoms with E-state index in [1.165, 1.54) is 22.6 Å². The summed E-state index contributed by atoms with van der Waals surface area (Å²) in [6.45, 7) is 0. The monoisotopic (exact) mass is 369 g/mol. The van der Waals surface area contributed by atoms with E-state index in [1.54, 1.807) is 0 Å². The molecule has 0 bridgehead atoms. The van der Waals surface area contributed by atoms with Gasteiger partial charge in [0.2, 0.25) is 0 Å². The lowest BCUT2D eigenvalue weighted by Gasteiger charge is -2.06. The van der Waals surface area contributed by atoms with E-state index >= 15 is 0 Å². The van der Waals surface area contributed by atoms with Crippen LogP contribution in [0.15, 0.2) is 11.0 Å². The Morgan fingerprint density at radius 3 is 2.47 bits per heavy atom. The van der Waals surface area contributed by atoms with Crippen LogP contribution in [0.3, 0.4) is 0 Å². The van der Waals surface area contributed by atoms with Crippen molar-refractivity contribution in [3.63, 3.8) is 0 Å². The molecule has 0 unspecified atom stereocenters. The summed E-state index contributed by atoms with van der Waals surface area (Å²) in [5.41, 5.74) is -0.966. The van der Waals surface area contributed by atoms with Gasteiger partial charge in [0.1, 0.15) is 20.0 Å². The van der Waals surface area contributed by atoms with Gasteiger partial charge in [-0.2, -0.15) is 0 Å². The number of rotatable bonds is 2. The van der Waals surface area contributed by atoms with Gasteiger partial charge < -0.3 is 5.11 Å². The highest BCUT2D eigenvalue weighted by Gasteiger charge is 2.25. The standard InChI is InChI=1S/C6H3ClF2INO3S/c7-15(13,14)3-1-2(12)6(10)11-4(3)5(8)9/h1,5,12H. The number of nitrogens with zero attached hydrogens (tertiary/aromatic N) is 1. The zero-order valence-electron chi connectivity index (χ0n) is 6.79. The van der Waals surface area contributed by atoms with Crippen molar-refractivity contribution >= 4 is 42.3 Å². The molecule has 0 aromatic carbocycles. The van der Waals surface area contributed by atoms with Crippen LogP contribution in [-0.4, -0.2) is 18.5 Å². The van der Waals surface area contributed by atoms with Crippen molar-refractivity contribution in [2.24, 2.45) is 0 Å². The first-order valence-corrected chi connectivity index (χ1v) is 6.74. The molecule has 1 aromatic rings. The van der Waals surface area contributed by atoms with Gasteiger partial charge in [-0.3, -0.25) is 0 Å². The molecule has 1 rings (SSSR count). The van der Waals surface area contributed by atoms with E-state index in [0.29, 0.717) is 6.07 Å². The van der Waals surface area contributed by atoms with Crippen LogP contribution < -0.4 is 0 Å². The van der Waals surface area contributed by atoms with Gasteiger partial charge >= 0.3 is 0 Å². The van der Waals surface area contributed by atoms with Gasteiger partial charge in [0, 0.05) is 16.7 Å². The zero-order chi connectivity index (χ0) is 11.8. The molecule has 0 aliphatic carbocycles. The Morgan fingerprint density at radius 1 is 1.53 bits per heavy atom. The molecule has 0 atom stereocenters. The summed E-state index contributed by atoms with van der Waals surface area (Å²) < 4.78 is 46.5. The first-order valence-electron chi connectivity index (χ1n) is 3.35. The normalized spacial score (nSPS) is 12.1. The van der Waals surface area contributed by atoms with E-state index in [0.717, 1.165) is 0 Å². The molecule has 84 valence electrons. The van der Waals surface area contributed by atoms with Gasteiger partial charge in [0.05, 0.1) is 0 Å². The first-order chi connectivity index (χ1) is 6.73. The summed E-state index contributed by atoms with van der Waals surface area (Å²) >= 11 is 1.50. The molecule has 0 saturated heterocycles. The van der Waals surface area contributed by atoms with Crippen LogP contribution in [0.2, 0.25) is 0 Å². The first kappa shape index (κ1) is 12.8. The fourth-order valence-electron chi connectivity index (χ4n) is 0.827. The van der Waals surface area contributed by atoms with E-state index in [1.807, 2.05) is 0 Å². The predicted octanol–water partition coefficient (Wildman–Crippen LogP) is 2.26. The third kappa shape index (κ3) is 2.88. The highest BCUT2D eigenvalue weighted by atomic mass is 127. The molecule has 1 heterocycles. The van der Waals surface area contributed by atoms with Crippen molar-refractivity contribution in [2.45, 2.75) is 11.3 Å². The summed E-state index contributed by atoms with van der Waals surface area (Å²) in [5, 5.41) is 9.13. The zero-order valence-corrected chi connectivity index (χ0v) is 10.5. The lowest BCUT2D eigenvalue weighted by molar-refractivity contribution is 0.142. The Labute approximate surface area is 102 Å². The number of pyridine rings is 1. The molecular formula is C6H3ClF2INO3S. The van der Waals surface area contributed by atoms with Crippen molar-refractivity contribution in [1.82, 2.24) is 4.98 Å². The Balaban J connectivity index is 3.56. The molecule has 0 saturated carbocycles. The van der Waals surface area contributed by atoms with E-state index in [-0.39, 0.29) is 3.70 Å². The Hall–Kier alpha value is -0.220. The molecule has 9 heteroatoms. The van der Waals surface area contributed by atoms with Gasteiger partial charge in [0.25, 0.3) is 15.5 Å². The molecule has 1 aromatic heterocycles. The van der Waals surface area contributed by atoms with Crippen LogP contribution >= 0.6 is 33.3 Å².